The Hall–Kier alpha value is -1.32. The van der Waals surface area contributed by atoms with Crippen LogP contribution in [0.4, 0.5) is 11.6 Å². The van der Waals surface area contributed by atoms with Crippen LogP contribution in [-0.2, 0) is 6.42 Å². The number of nitrogens with one attached hydrogen (secondary N) is 1. The number of hydrogen-bond donors (Lipinski definition) is 1. The fourth-order valence-electron chi connectivity index (χ4n) is 2.30. The number of anilines is 2. The maximum atomic E-state index is 4.66. The van der Waals surface area contributed by atoms with Crippen molar-refractivity contribution in [2.75, 3.05) is 30.4 Å². The lowest BCUT2D eigenvalue weighted by atomic mass is 9.85. The topological polar surface area (TPSA) is 41.1 Å². The molecule has 2 rings (SSSR count). The minimum absolute atomic E-state index is 0.864. The molecule has 100 valence electrons. The van der Waals surface area contributed by atoms with E-state index in [1.165, 1.54) is 19.3 Å². The summed E-state index contributed by atoms with van der Waals surface area (Å²) < 4.78 is 0. The van der Waals surface area contributed by atoms with Crippen LogP contribution in [0.1, 0.15) is 38.9 Å². The second kappa shape index (κ2) is 6.03. The van der Waals surface area contributed by atoms with Crippen molar-refractivity contribution in [1.82, 2.24) is 9.97 Å². The molecule has 1 aromatic rings. The van der Waals surface area contributed by atoms with Crippen LogP contribution < -0.4 is 10.2 Å². The zero-order chi connectivity index (χ0) is 13.0. The lowest BCUT2D eigenvalue weighted by Crippen LogP contribution is -2.33. The first-order chi connectivity index (χ1) is 8.76. The van der Waals surface area contributed by atoms with Gasteiger partial charge in [0.2, 0.25) is 0 Å². The largest absolute Gasteiger partial charge is 0.373 e. The van der Waals surface area contributed by atoms with Crippen LogP contribution in [0.2, 0.25) is 0 Å². The number of rotatable bonds is 6. The molecule has 1 aliphatic rings. The Morgan fingerprint density at radius 3 is 2.61 bits per heavy atom. The van der Waals surface area contributed by atoms with Gasteiger partial charge in [0.15, 0.2) is 0 Å². The van der Waals surface area contributed by atoms with Gasteiger partial charge in [-0.1, -0.05) is 13.3 Å². The fraction of sp³-hybridized carbons (Fsp3) is 0.714. The normalized spacial score (nSPS) is 15.3. The van der Waals surface area contributed by atoms with Gasteiger partial charge in [0.25, 0.3) is 0 Å². The highest BCUT2D eigenvalue weighted by Crippen LogP contribution is 2.28. The maximum absolute atomic E-state index is 4.66. The molecule has 0 aliphatic heterocycles. The van der Waals surface area contributed by atoms with Crippen molar-refractivity contribution in [3.05, 3.63) is 11.9 Å². The summed E-state index contributed by atoms with van der Waals surface area (Å²) in [5, 5.41) is 3.12. The van der Waals surface area contributed by atoms with Gasteiger partial charge in [-0.05, 0) is 25.7 Å². The number of hydrogen-bond acceptors (Lipinski definition) is 4. The first-order valence-electron chi connectivity index (χ1n) is 7.07. The Bertz CT molecular complexity index is 365. The highest BCUT2D eigenvalue weighted by molar-refractivity contribution is 5.49. The summed E-state index contributed by atoms with van der Waals surface area (Å²) in [6.45, 7) is 6.45. The van der Waals surface area contributed by atoms with Crippen LogP contribution in [0.15, 0.2) is 6.07 Å². The van der Waals surface area contributed by atoms with E-state index in [0.29, 0.717) is 0 Å². The summed E-state index contributed by atoms with van der Waals surface area (Å²) in [6.07, 6.45) is 5.03. The molecule has 1 fully saturated rings. The summed E-state index contributed by atoms with van der Waals surface area (Å²) in [4.78, 5) is 11.5. The predicted molar refractivity (Wildman–Crippen MR) is 76.2 cm³/mol. The molecule has 0 aromatic carbocycles. The second-order valence-electron chi connectivity index (χ2n) is 4.97. The first-order valence-corrected chi connectivity index (χ1v) is 7.07. The number of nitrogens with zero attached hydrogens (tertiary/aromatic N) is 3. The van der Waals surface area contributed by atoms with Gasteiger partial charge in [-0.3, -0.25) is 0 Å². The highest BCUT2D eigenvalue weighted by Gasteiger charge is 2.21. The van der Waals surface area contributed by atoms with Gasteiger partial charge in [0.1, 0.15) is 17.5 Å². The molecule has 1 aromatic heterocycles. The molecule has 0 atom stereocenters. The quantitative estimate of drug-likeness (QED) is 0.840. The van der Waals surface area contributed by atoms with Crippen molar-refractivity contribution in [3.63, 3.8) is 0 Å². The summed E-state index contributed by atoms with van der Waals surface area (Å²) in [6, 6.07) is 2.06. The number of aromatic nitrogens is 2. The maximum Gasteiger partial charge on any atom is 0.134 e. The van der Waals surface area contributed by atoms with Crippen LogP contribution in [0.5, 0.6) is 0 Å². The van der Waals surface area contributed by atoms with Crippen molar-refractivity contribution in [3.8, 4) is 0 Å². The molecule has 1 saturated carbocycles. The Morgan fingerprint density at radius 1 is 1.33 bits per heavy atom. The second-order valence-corrected chi connectivity index (χ2v) is 4.97. The SMILES string of the molecule is CCc1nc(NC)cc(N(CC)CC2CCC2)n1. The van der Waals surface area contributed by atoms with E-state index in [9.17, 15) is 0 Å². The van der Waals surface area contributed by atoms with Gasteiger partial charge in [0.05, 0.1) is 0 Å². The van der Waals surface area contributed by atoms with Gasteiger partial charge >= 0.3 is 0 Å². The van der Waals surface area contributed by atoms with Crippen LogP contribution in [-0.4, -0.2) is 30.1 Å². The third-order valence-corrected chi connectivity index (χ3v) is 3.74. The van der Waals surface area contributed by atoms with Gasteiger partial charge in [-0.15, -0.1) is 0 Å². The molecule has 1 aliphatic carbocycles. The van der Waals surface area contributed by atoms with E-state index in [1.54, 1.807) is 0 Å². The highest BCUT2D eigenvalue weighted by atomic mass is 15.2. The molecular weight excluding hydrogens is 224 g/mol. The van der Waals surface area contributed by atoms with Crippen LogP contribution in [0.3, 0.4) is 0 Å². The van der Waals surface area contributed by atoms with Crippen LogP contribution in [0, 0.1) is 5.92 Å². The van der Waals surface area contributed by atoms with Crippen LogP contribution in [0.25, 0.3) is 0 Å². The van der Waals surface area contributed by atoms with E-state index < -0.39 is 0 Å². The minimum atomic E-state index is 0.864. The number of aryl methyl sites for hydroxylation is 1. The summed E-state index contributed by atoms with van der Waals surface area (Å²) in [5.41, 5.74) is 0. The van der Waals surface area contributed by atoms with E-state index >= 15 is 0 Å². The molecule has 18 heavy (non-hydrogen) atoms. The van der Waals surface area contributed by atoms with Crippen molar-refractivity contribution >= 4 is 11.6 Å². The Kier molecular flexibility index (Phi) is 4.39. The Labute approximate surface area is 110 Å². The van der Waals surface area contributed by atoms with Crippen LogP contribution >= 0.6 is 0 Å². The Morgan fingerprint density at radius 2 is 2.11 bits per heavy atom. The van der Waals surface area contributed by atoms with Gasteiger partial charge in [0, 0.05) is 32.6 Å². The van der Waals surface area contributed by atoms with E-state index in [2.05, 4.69) is 40.1 Å². The van der Waals surface area contributed by atoms with Crippen molar-refractivity contribution in [1.29, 1.82) is 0 Å². The average Bonchev–Trinajstić information content (AvgIpc) is 2.37. The van der Waals surface area contributed by atoms with E-state index in [0.717, 1.165) is 42.9 Å². The van der Waals surface area contributed by atoms with Gasteiger partial charge in [-0.25, -0.2) is 9.97 Å². The molecule has 4 nitrogen and oxygen atoms in total. The summed E-state index contributed by atoms with van der Waals surface area (Å²) in [5.74, 6) is 3.77. The molecule has 1 heterocycles. The minimum Gasteiger partial charge on any atom is -0.373 e. The van der Waals surface area contributed by atoms with Crippen molar-refractivity contribution < 1.29 is 0 Å². The van der Waals surface area contributed by atoms with E-state index in [4.69, 9.17) is 0 Å². The molecule has 0 amide bonds. The first kappa shape index (κ1) is 13.1. The molecule has 0 unspecified atom stereocenters. The zero-order valence-corrected chi connectivity index (χ0v) is 11.7. The molecule has 0 radical (unpaired) electrons. The van der Waals surface area contributed by atoms with E-state index in [-0.39, 0.29) is 0 Å². The fourth-order valence-corrected chi connectivity index (χ4v) is 2.30. The predicted octanol–water partition coefficient (Wildman–Crippen LogP) is 2.71. The molecule has 1 N–H and O–H groups in total. The summed E-state index contributed by atoms with van der Waals surface area (Å²) >= 11 is 0. The third kappa shape index (κ3) is 2.92. The molecule has 0 bridgehead atoms. The monoisotopic (exact) mass is 248 g/mol. The molecule has 4 heteroatoms. The smallest absolute Gasteiger partial charge is 0.134 e. The Balaban J connectivity index is 2.16. The third-order valence-electron chi connectivity index (χ3n) is 3.74. The molecular formula is C14H24N4. The zero-order valence-electron chi connectivity index (χ0n) is 11.7. The van der Waals surface area contributed by atoms with Gasteiger partial charge < -0.3 is 10.2 Å². The molecule has 0 spiro atoms. The van der Waals surface area contributed by atoms with Crippen molar-refractivity contribution in [2.24, 2.45) is 5.92 Å². The standard InChI is InChI=1S/C14H24N4/c1-4-12-16-13(15-3)9-14(17-12)18(5-2)10-11-7-6-8-11/h9,11H,4-8,10H2,1-3H3,(H,15,16,17). The molecule has 0 saturated heterocycles. The average molecular weight is 248 g/mol. The van der Waals surface area contributed by atoms with Gasteiger partial charge in [-0.2, -0.15) is 0 Å². The van der Waals surface area contributed by atoms with Crippen molar-refractivity contribution in [2.45, 2.75) is 39.5 Å². The lowest BCUT2D eigenvalue weighted by molar-refractivity contribution is 0.318. The van der Waals surface area contributed by atoms with E-state index in [1.807, 2.05) is 7.05 Å². The lowest BCUT2D eigenvalue weighted by Gasteiger charge is -2.32. The summed E-state index contributed by atoms with van der Waals surface area (Å²) in [7, 11) is 1.91.